The lowest BCUT2D eigenvalue weighted by Gasteiger charge is -2.21. The molecule has 146 valence electrons. The molecule has 9 heteroatoms. The molecule has 1 amide bonds. The summed E-state index contributed by atoms with van der Waals surface area (Å²) in [5, 5.41) is 4.93. The van der Waals surface area contributed by atoms with E-state index in [0.717, 1.165) is 4.70 Å². The third kappa shape index (κ3) is 4.82. The van der Waals surface area contributed by atoms with Crippen LogP contribution in [0.2, 0.25) is 0 Å². The van der Waals surface area contributed by atoms with E-state index in [1.165, 1.54) is 23.5 Å². The van der Waals surface area contributed by atoms with Crippen molar-refractivity contribution in [2.75, 3.05) is 32.1 Å². The van der Waals surface area contributed by atoms with Crippen LogP contribution in [0.15, 0.2) is 30.5 Å². The Balaban J connectivity index is 0.00000261. The van der Waals surface area contributed by atoms with Crippen molar-refractivity contribution >= 4 is 45.0 Å². The number of anilines is 1. The number of rotatable bonds is 6. The molecular formula is C18H23ClFN5OS. The van der Waals surface area contributed by atoms with Crippen molar-refractivity contribution in [3.63, 3.8) is 0 Å². The Labute approximate surface area is 168 Å². The molecule has 3 aromatic rings. The number of benzene rings is 1. The molecule has 0 aliphatic carbocycles. The summed E-state index contributed by atoms with van der Waals surface area (Å²) in [5.41, 5.74) is 1.06. The molecule has 0 saturated heterocycles. The lowest BCUT2D eigenvalue weighted by atomic mass is 10.3. The van der Waals surface area contributed by atoms with Crippen LogP contribution in [0.1, 0.15) is 30.4 Å². The third-order valence-electron chi connectivity index (χ3n) is 3.94. The molecular weight excluding hydrogens is 389 g/mol. The van der Waals surface area contributed by atoms with Gasteiger partial charge in [0.05, 0.1) is 10.2 Å². The van der Waals surface area contributed by atoms with Gasteiger partial charge in [0.2, 0.25) is 0 Å². The first-order valence-electron chi connectivity index (χ1n) is 8.43. The van der Waals surface area contributed by atoms with E-state index in [1.807, 2.05) is 32.8 Å². The van der Waals surface area contributed by atoms with Gasteiger partial charge in [-0.1, -0.05) is 11.3 Å². The molecule has 0 atom stereocenters. The molecule has 0 aliphatic heterocycles. The van der Waals surface area contributed by atoms with Crippen LogP contribution in [0.5, 0.6) is 0 Å². The van der Waals surface area contributed by atoms with Crippen LogP contribution in [0.25, 0.3) is 10.2 Å². The van der Waals surface area contributed by atoms with Gasteiger partial charge < -0.3 is 4.90 Å². The van der Waals surface area contributed by atoms with E-state index in [1.54, 1.807) is 27.9 Å². The van der Waals surface area contributed by atoms with Crippen molar-refractivity contribution in [1.82, 2.24) is 19.7 Å². The van der Waals surface area contributed by atoms with E-state index < -0.39 is 0 Å². The molecule has 0 radical (unpaired) electrons. The molecule has 3 rings (SSSR count). The fourth-order valence-corrected chi connectivity index (χ4v) is 3.48. The van der Waals surface area contributed by atoms with Gasteiger partial charge in [-0.3, -0.25) is 14.4 Å². The molecule has 0 aliphatic rings. The lowest BCUT2D eigenvalue weighted by molar-refractivity contribution is 0.0979. The predicted octanol–water partition coefficient (Wildman–Crippen LogP) is 3.84. The second kappa shape index (κ2) is 8.77. The number of aromatic nitrogens is 3. The SMILES string of the molecule is CC(C)n1ccc(C(=O)N(CCN(C)C)c2nc3ccc(F)cc3s2)n1.Cl. The zero-order valence-corrected chi connectivity index (χ0v) is 17.4. The first kappa shape index (κ1) is 21.3. The smallest absolute Gasteiger partial charge is 0.280 e. The first-order valence-corrected chi connectivity index (χ1v) is 9.24. The zero-order valence-electron chi connectivity index (χ0n) is 15.7. The number of halogens is 2. The van der Waals surface area contributed by atoms with Gasteiger partial charge in [-0.05, 0) is 52.2 Å². The maximum atomic E-state index is 13.5. The zero-order chi connectivity index (χ0) is 18.8. The van der Waals surface area contributed by atoms with E-state index in [-0.39, 0.29) is 30.2 Å². The summed E-state index contributed by atoms with van der Waals surface area (Å²) in [7, 11) is 3.90. The molecule has 6 nitrogen and oxygen atoms in total. The summed E-state index contributed by atoms with van der Waals surface area (Å²) in [5.74, 6) is -0.514. The van der Waals surface area contributed by atoms with Gasteiger partial charge in [-0.15, -0.1) is 12.4 Å². The number of thiazole rings is 1. The van der Waals surface area contributed by atoms with E-state index in [2.05, 4.69) is 10.1 Å². The maximum Gasteiger partial charge on any atom is 0.280 e. The van der Waals surface area contributed by atoms with Crippen LogP contribution >= 0.6 is 23.7 Å². The lowest BCUT2D eigenvalue weighted by Crippen LogP contribution is -2.37. The Morgan fingerprint density at radius 2 is 2.00 bits per heavy atom. The van der Waals surface area contributed by atoms with Gasteiger partial charge in [-0.2, -0.15) is 5.10 Å². The molecule has 27 heavy (non-hydrogen) atoms. The van der Waals surface area contributed by atoms with E-state index in [9.17, 15) is 9.18 Å². The Kier molecular flexibility index (Phi) is 6.91. The standard InChI is InChI=1S/C18H22FN5OS.ClH/c1-12(2)24-8-7-15(21-24)17(25)23(10-9-22(3)4)18-20-14-6-5-13(19)11-16(14)26-18;/h5-8,11-12H,9-10H2,1-4H3;1H. The molecule has 2 aromatic heterocycles. The van der Waals surface area contributed by atoms with Crippen LogP contribution in [0.4, 0.5) is 9.52 Å². The first-order chi connectivity index (χ1) is 12.3. The Hall–Kier alpha value is -2.03. The third-order valence-corrected chi connectivity index (χ3v) is 4.98. The summed E-state index contributed by atoms with van der Waals surface area (Å²) in [6, 6.07) is 6.35. The number of amides is 1. The molecule has 0 fully saturated rings. The molecule has 1 aromatic carbocycles. The number of fused-ring (bicyclic) bond motifs is 1. The minimum atomic E-state index is -0.311. The highest BCUT2D eigenvalue weighted by molar-refractivity contribution is 7.22. The second-order valence-corrected chi connectivity index (χ2v) is 7.65. The van der Waals surface area contributed by atoms with Gasteiger partial charge in [0.1, 0.15) is 5.82 Å². The highest BCUT2D eigenvalue weighted by Gasteiger charge is 2.23. The van der Waals surface area contributed by atoms with Crippen molar-refractivity contribution in [3.05, 3.63) is 42.0 Å². The molecule has 0 bridgehead atoms. The summed E-state index contributed by atoms with van der Waals surface area (Å²) >= 11 is 1.31. The number of nitrogens with zero attached hydrogens (tertiary/aromatic N) is 5. The van der Waals surface area contributed by atoms with Gasteiger partial charge in [0.25, 0.3) is 5.91 Å². The summed E-state index contributed by atoms with van der Waals surface area (Å²) < 4.78 is 16.0. The largest absolute Gasteiger partial charge is 0.308 e. The summed E-state index contributed by atoms with van der Waals surface area (Å²) in [6.45, 7) is 5.17. The number of hydrogen-bond acceptors (Lipinski definition) is 5. The Bertz CT molecular complexity index is 924. The summed E-state index contributed by atoms with van der Waals surface area (Å²) in [4.78, 5) is 21.2. The van der Waals surface area contributed by atoms with E-state index >= 15 is 0 Å². The quantitative estimate of drug-likeness (QED) is 0.618. The fourth-order valence-electron chi connectivity index (χ4n) is 2.46. The van der Waals surface area contributed by atoms with Crippen molar-refractivity contribution < 1.29 is 9.18 Å². The van der Waals surface area contributed by atoms with Crippen LogP contribution in [0, 0.1) is 5.82 Å². The van der Waals surface area contributed by atoms with Crippen molar-refractivity contribution in [3.8, 4) is 0 Å². The highest BCUT2D eigenvalue weighted by atomic mass is 35.5. The van der Waals surface area contributed by atoms with Gasteiger partial charge >= 0.3 is 0 Å². The fraction of sp³-hybridized carbons (Fsp3) is 0.389. The van der Waals surface area contributed by atoms with Crippen molar-refractivity contribution in [2.24, 2.45) is 0 Å². The minimum Gasteiger partial charge on any atom is -0.308 e. The Morgan fingerprint density at radius 1 is 1.26 bits per heavy atom. The summed E-state index contributed by atoms with van der Waals surface area (Å²) in [6.07, 6.45) is 1.80. The monoisotopic (exact) mass is 411 g/mol. The molecule has 2 heterocycles. The number of carbonyl (C=O) groups is 1. The molecule has 0 spiro atoms. The molecule has 0 saturated carbocycles. The maximum absolute atomic E-state index is 13.5. The van der Waals surface area contributed by atoms with Gasteiger partial charge in [0, 0.05) is 25.3 Å². The van der Waals surface area contributed by atoms with Crippen LogP contribution < -0.4 is 4.90 Å². The predicted molar refractivity (Wildman–Crippen MR) is 110 cm³/mol. The number of carbonyl (C=O) groups excluding carboxylic acids is 1. The van der Waals surface area contributed by atoms with Crippen LogP contribution in [-0.2, 0) is 0 Å². The van der Waals surface area contributed by atoms with E-state index in [4.69, 9.17) is 0 Å². The van der Waals surface area contributed by atoms with Crippen LogP contribution in [0.3, 0.4) is 0 Å². The average molecular weight is 412 g/mol. The second-order valence-electron chi connectivity index (χ2n) is 6.64. The average Bonchev–Trinajstić information content (AvgIpc) is 3.20. The molecule has 0 N–H and O–H groups in total. The van der Waals surface area contributed by atoms with E-state index in [0.29, 0.717) is 29.4 Å². The van der Waals surface area contributed by atoms with Crippen molar-refractivity contribution in [1.29, 1.82) is 0 Å². The number of hydrogen-bond donors (Lipinski definition) is 0. The van der Waals surface area contributed by atoms with Crippen LogP contribution in [-0.4, -0.2) is 52.8 Å². The van der Waals surface area contributed by atoms with Crippen molar-refractivity contribution in [2.45, 2.75) is 19.9 Å². The topological polar surface area (TPSA) is 54.3 Å². The minimum absolute atomic E-state index is 0. The van der Waals surface area contributed by atoms with Gasteiger partial charge in [0.15, 0.2) is 10.8 Å². The number of likely N-dealkylation sites (N-methyl/N-ethyl adjacent to an activating group) is 1. The normalized spacial score (nSPS) is 11.2. The van der Waals surface area contributed by atoms with Gasteiger partial charge in [-0.25, -0.2) is 9.37 Å². The Morgan fingerprint density at radius 3 is 2.63 bits per heavy atom. The highest BCUT2D eigenvalue weighted by Crippen LogP contribution is 2.30. The molecule has 0 unspecified atom stereocenters.